The lowest BCUT2D eigenvalue weighted by Gasteiger charge is -2.33. The van der Waals surface area contributed by atoms with Gasteiger partial charge in [0.1, 0.15) is 5.69 Å². The van der Waals surface area contributed by atoms with Crippen LogP contribution in [-0.4, -0.2) is 59.3 Å². The van der Waals surface area contributed by atoms with E-state index in [4.69, 9.17) is 0 Å². The summed E-state index contributed by atoms with van der Waals surface area (Å²) in [5.41, 5.74) is 3.86. The molecule has 1 aromatic heterocycles. The van der Waals surface area contributed by atoms with Crippen molar-refractivity contribution < 1.29 is 9.59 Å². The predicted octanol–water partition coefficient (Wildman–Crippen LogP) is 3.24. The zero-order chi connectivity index (χ0) is 20.8. The summed E-state index contributed by atoms with van der Waals surface area (Å²) >= 11 is 0. The lowest BCUT2D eigenvalue weighted by molar-refractivity contribution is 0.0637. The van der Waals surface area contributed by atoms with Crippen molar-refractivity contribution in [2.24, 2.45) is 0 Å². The molecule has 0 saturated carbocycles. The molecule has 2 heterocycles. The maximum atomic E-state index is 12.9. The van der Waals surface area contributed by atoms with Gasteiger partial charge in [-0.05, 0) is 42.6 Å². The van der Waals surface area contributed by atoms with Crippen LogP contribution in [0.1, 0.15) is 52.7 Å². The van der Waals surface area contributed by atoms with E-state index in [0.29, 0.717) is 24.3 Å². The number of hydrogen-bond acceptors (Lipinski definition) is 4. The van der Waals surface area contributed by atoms with Crippen LogP contribution < -0.4 is 5.32 Å². The van der Waals surface area contributed by atoms with Gasteiger partial charge in [0.2, 0.25) is 0 Å². The van der Waals surface area contributed by atoms with E-state index in [1.165, 1.54) is 6.20 Å². The highest BCUT2D eigenvalue weighted by molar-refractivity contribution is 6.06. The van der Waals surface area contributed by atoms with Crippen molar-refractivity contribution >= 4 is 17.5 Å². The van der Waals surface area contributed by atoms with Crippen LogP contribution in [0.2, 0.25) is 0 Å². The Bertz CT molecular complexity index is 851. The second kappa shape index (κ2) is 9.65. The quantitative estimate of drug-likeness (QED) is 0.817. The summed E-state index contributed by atoms with van der Waals surface area (Å²) in [5, 5.41) is 3.06. The van der Waals surface area contributed by atoms with E-state index in [9.17, 15) is 9.59 Å². The zero-order valence-electron chi connectivity index (χ0n) is 17.6. The SMILES string of the molecule is CCc1cccc(CC)c1NC(=O)c1ccnc(C(=O)N2CCN(CC)CC2)c1. The first-order valence-electron chi connectivity index (χ1n) is 10.5. The maximum absolute atomic E-state index is 12.9. The van der Waals surface area contributed by atoms with Gasteiger partial charge in [0.15, 0.2) is 0 Å². The number of hydrogen-bond donors (Lipinski definition) is 1. The number of likely N-dealkylation sites (N-methyl/N-ethyl adjacent to an activating group) is 1. The Morgan fingerprint density at radius 2 is 1.66 bits per heavy atom. The van der Waals surface area contributed by atoms with E-state index < -0.39 is 0 Å². The molecule has 154 valence electrons. The van der Waals surface area contributed by atoms with Gasteiger partial charge < -0.3 is 15.1 Å². The highest BCUT2D eigenvalue weighted by atomic mass is 16.2. The molecule has 1 saturated heterocycles. The van der Waals surface area contributed by atoms with Gasteiger partial charge in [-0.3, -0.25) is 14.6 Å². The van der Waals surface area contributed by atoms with Crippen LogP contribution in [0.25, 0.3) is 0 Å². The number of amides is 2. The average Bonchev–Trinajstić information content (AvgIpc) is 2.78. The molecule has 6 nitrogen and oxygen atoms in total. The molecule has 29 heavy (non-hydrogen) atoms. The summed E-state index contributed by atoms with van der Waals surface area (Å²) in [5.74, 6) is -0.327. The van der Waals surface area contributed by atoms with E-state index in [1.807, 2.05) is 23.1 Å². The van der Waals surface area contributed by atoms with Crippen molar-refractivity contribution in [1.29, 1.82) is 0 Å². The first-order valence-corrected chi connectivity index (χ1v) is 10.5. The Morgan fingerprint density at radius 3 is 2.24 bits per heavy atom. The van der Waals surface area contributed by atoms with Crippen molar-refractivity contribution in [1.82, 2.24) is 14.8 Å². The molecular formula is C23H30N4O2. The molecule has 1 aliphatic rings. The van der Waals surface area contributed by atoms with Gasteiger partial charge in [-0.25, -0.2) is 0 Å². The predicted molar refractivity (Wildman–Crippen MR) is 115 cm³/mol. The van der Waals surface area contributed by atoms with E-state index in [-0.39, 0.29) is 11.8 Å². The van der Waals surface area contributed by atoms with Gasteiger partial charge in [0, 0.05) is 43.6 Å². The number of aryl methyl sites for hydroxylation is 2. The minimum absolute atomic E-state index is 0.112. The Hall–Kier alpha value is -2.73. The molecule has 0 spiro atoms. The van der Waals surface area contributed by atoms with Crippen molar-refractivity contribution in [2.75, 3.05) is 38.0 Å². The summed E-state index contributed by atoms with van der Waals surface area (Å²) in [4.78, 5) is 34.1. The fourth-order valence-electron chi connectivity index (χ4n) is 3.71. The number of nitrogens with one attached hydrogen (secondary N) is 1. The number of carbonyl (C=O) groups excluding carboxylic acids is 2. The zero-order valence-corrected chi connectivity index (χ0v) is 17.6. The third-order valence-electron chi connectivity index (χ3n) is 5.59. The summed E-state index contributed by atoms with van der Waals surface area (Å²) in [6.07, 6.45) is 3.22. The largest absolute Gasteiger partial charge is 0.335 e. The van der Waals surface area contributed by atoms with Gasteiger partial charge in [0.25, 0.3) is 11.8 Å². The molecule has 2 amide bonds. The van der Waals surface area contributed by atoms with E-state index >= 15 is 0 Å². The number of aromatic nitrogens is 1. The standard InChI is InChI=1S/C23H30N4O2/c1-4-17-8-7-9-18(5-2)21(17)25-22(28)19-10-11-24-20(16-19)23(29)27-14-12-26(6-3)13-15-27/h7-11,16H,4-6,12-15H2,1-3H3,(H,25,28). The van der Waals surface area contributed by atoms with Crippen LogP contribution in [0.3, 0.4) is 0 Å². The number of nitrogens with zero attached hydrogens (tertiary/aromatic N) is 3. The van der Waals surface area contributed by atoms with Gasteiger partial charge >= 0.3 is 0 Å². The first kappa shape index (κ1) is 21.0. The minimum Gasteiger partial charge on any atom is -0.335 e. The fourth-order valence-corrected chi connectivity index (χ4v) is 3.71. The molecule has 2 aromatic rings. The van der Waals surface area contributed by atoms with Gasteiger partial charge in [-0.15, -0.1) is 0 Å². The van der Waals surface area contributed by atoms with Gasteiger partial charge in [-0.2, -0.15) is 0 Å². The van der Waals surface area contributed by atoms with Crippen molar-refractivity contribution in [3.05, 3.63) is 58.9 Å². The molecule has 0 aliphatic carbocycles. The molecule has 0 unspecified atom stereocenters. The van der Waals surface area contributed by atoms with Crippen molar-refractivity contribution in [2.45, 2.75) is 33.6 Å². The van der Waals surface area contributed by atoms with Crippen LogP contribution in [0, 0.1) is 0 Å². The van der Waals surface area contributed by atoms with E-state index in [0.717, 1.165) is 49.3 Å². The van der Waals surface area contributed by atoms with Crippen molar-refractivity contribution in [3.63, 3.8) is 0 Å². The maximum Gasteiger partial charge on any atom is 0.272 e. The van der Waals surface area contributed by atoms with Crippen LogP contribution in [-0.2, 0) is 12.8 Å². The van der Waals surface area contributed by atoms with Gasteiger partial charge in [-0.1, -0.05) is 39.0 Å². The Kier molecular flexibility index (Phi) is 6.99. The third kappa shape index (κ3) is 4.82. The van der Waals surface area contributed by atoms with Crippen LogP contribution in [0.4, 0.5) is 5.69 Å². The van der Waals surface area contributed by atoms with E-state index in [1.54, 1.807) is 12.1 Å². The average molecular weight is 395 g/mol. The highest BCUT2D eigenvalue weighted by Gasteiger charge is 2.23. The first-order chi connectivity index (χ1) is 14.1. The normalized spacial score (nSPS) is 14.7. The van der Waals surface area contributed by atoms with Crippen LogP contribution in [0.15, 0.2) is 36.5 Å². The monoisotopic (exact) mass is 394 g/mol. The molecule has 0 atom stereocenters. The second-order valence-corrected chi connectivity index (χ2v) is 7.27. The fraction of sp³-hybridized carbons (Fsp3) is 0.435. The highest BCUT2D eigenvalue weighted by Crippen LogP contribution is 2.23. The third-order valence-corrected chi connectivity index (χ3v) is 5.59. The molecule has 0 radical (unpaired) electrons. The second-order valence-electron chi connectivity index (χ2n) is 7.27. The Balaban J connectivity index is 1.76. The van der Waals surface area contributed by atoms with E-state index in [2.05, 4.69) is 36.0 Å². The van der Waals surface area contributed by atoms with Crippen molar-refractivity contribution in [3.8, 4) is 0 Å². The number of pyridine rings is 1. The molecule has 1 aliphatic heterocycles. The molecule has 1 fully saturated rings. The molecule has 3 rings (SSSR count). The summed E-state index contributed by atoms with van der Waals surface area (Å²) in [7, 11) is 0. The Labute approximate surface area is 172 Å². The summed E-state index contributed by atoms with van der Waals surface area (Å²) in [6, 6.07) is 9.35. The number of rotatable bonds is 6. The lowest BCUT2D eigenvalue weighted by Crippen LogP contribution is -2.48. The summed E-state index contributed by atoms with van der Waals surface area (Å²) < 4.78 is 0. The number of anilines is 1. The number of carbonyl (C=O) groups is 2. The molecular weight excluding hydrogens is 364 g/mol. The number of piperazine rings is 1. The summed E-state index contributed by atoms with van der Waals surface area (Å²) in [6.45, 7) is 10.4. The molecule has 6 heteroatoms. The molecule has 1 aromatic carbocycles. The number of para-hydroxylation sites is 1. The minimum atomic E-state index is -0.215. The molecule has 1 N–H and O–H groups in total. The van der Waals surface area contributed by atoms with Crippen LogP contribution >= 0.6 is 0 Å². The number of benzene rings is 1. The topological polar surface area (TPSA) is 65.5 Å². The lowest BCUT2D eigenvalue weighted by atomic mass is 10.0. The van der Waals surface area contributed by atoms with Crippen LogP contribution in [0.5, 0.6) is 0 Å². The smallest absolute Gasteiger partial charge is 0.272 e. The van der Waals surface area contributed by atoms with Gasteiger partial charge in [0.05, 0.1) is 0 Å². The molecule has 0 bridgehead atoms. The Morgan fingerprint density at radius 1 is 1.00 bits per heavy atom.